The predicted octanol–water partition coefficient (Wildman–Crippen LogP) is 4.25. The normalized spacial score (nSPS) is 14.1. The standard InChI is InChI=1S/C21H21F2NO3/c1-21(2,3)27-20(26)12-24-18-8-4-13(10-14(18)5-9-19(24)25)16-7-6-15(22)11-17(16)23/h4,6-8,10-11H,5,9,12H2,1-3H3. The fraction of sp³-hybridized carbons (Fsp3) is 0.333. The lowest BCUT2D eigenvalue weighted by Gasteiger charge is -2.30. The van der Waals surface area contributed by atoms with Crippen molar-refractivity contribution in [3.05, 3.63) is 53.6 Å². The van der Waals surface area contributed by atoms with Gasteiger partial charge in [-0.3, -0.25) is 9.59 Å². The molecule has 0 N–H and O–H groups in total. The smallest absolute Gasteiger partial charge is 0.326 e. The Hall–Kier alpha value is -2.76. The van der Waals surface area contributed by atoms with Gasteiger partial charge in [0.15, 0.2) is 0 Å². The number of hydrogen-bond acceptors (Lipinski definition) is 3. The minimum absolute atomic E-state index is 0.158. The maximum Gasteiger partial charge on any atom is 0.326 e. The van der Waals surface area contributed by atoms with Crippen LogP contribution in [0.1, 0.15) is 32.8 Å². The predicted molar refractivity (Wildman–Crippen MR) is 98.3 cm³/mol. The molecule has 0 spiro atoms. The van der Waals surface area contributed by atoms with Gasteiger partial charge in [0.1, 0.15) is 23.8 Å². The maximum absolute atomic E-state index is 14.1. The van der Waals surface area contributed by atoms with E-state index in [1.54, 1.807) is 39.0 Å². The van der Waals surface area contributed by atoms with Crippen LogP contribution < -0.4 is 4.90 Å². The van der Waals surface area contributed by atoms with Crippen molar-refractivity contribution in [2.75, 3.05) is 11.4 Å². The minimum atomic E-state index is -0.646. The van der Waals surface area contributed by atoms with Crippen LogP contribution in [0.5, 0.6) is 0 Å². The molecule has 2 aromatic rings. The number of fused-ring (bicyclic) bond motifs is 1. The van der Waals surface area contributed by atoms with E-state index in [0.717, 1.165) is 11.6 Å². The summed E-state index contributed by atoms with van der Waals surface area (Å²) in [5.41, 5.74) is 1.69. The number of aryl methyl sites for hydroxylation is 1. The van der Waals surface area contributed by atoms with E-state index in [-0.39, 0.29) is 24.4 Å². The molecule has 0 saturated carbocycles. The van der Waals surface area contributed by atoms with Crippen molar-refractivity contribution in [3.8, 4) is 11.1 Å². The Bertz CT molecular complexity index is 903. The molecule has 0 fully saturated rings. The van der Waals surface area contributed by atoms with Crippen LogP contribution in [0.2, 0.25) is 0 Å². The van der Waals surface area contributed by atoms with E-state index in [0.29, 0.717) is 17.7 Å². The Morgan fingerprint density at radius 1 is 1.11 bits per heavy atom. The number of hydrogen-bond donors (Lipinski definition) is 0. The zero-order valence-electron chi connectivity index (χ0n) is 15.5. The van der Waals surface area contributed by atoms with Gasteiger partial charge in [-0.05, 0) is 62.6 Å². The van der Waals surface area contributed by atoms with Crippen LogP contribution in [0.4, 0.5) is 14.5 Å². The second kappa shape index (κ2) is 7.10. The van der Waals surface area contributed by atoms with Gasteiger partial charge in [0.25, 0.3) is 0 Å². The molecule has 1 heterocycles. The zero-order chi connectivity index (χ0) is 19.8. The Morgan fingerprint density at radius 2 is 1.85 bits per heavy atom. The Balaban J connectivity index is 1.90. The monoisotopic (exact) mass is 373 g/mol. The van der Waals surface area contributed by atoms with Gasteiger partial charge in [-0.2, -0.15) is 0 Å². The number of nitrogens with zero attached hydrogens (tertiary/aromatic N) is 1. The first kappa shape index (κ1) is 19.0. The van der Waals surface area contributed by atoms with E-state index in [9.17, 15) is 18.4 Å². The van der Waals surface area contributed by atoms with Crippen LogP contribution in [-0.2, 0) is 20.7 Å². The molecule has 142 valence electrons. The number of halogens is 2. The van der Waals surface area contributed by atoms with Gasteiger partial charge in [-0.25, -0.2) is 8.78 Å². The molecule has 1 aliphatic heterocycles. The molecule has 0 atom stereocenters. The highest BCUT2D eigenvalue weighted by Gasteiger charge is 2.28. The van der Waals surface area contributed by atoms with Crippen molar-refractivity contribution >= 4 is 17.6 Å². The van der Waals surface area contributed by atoms with E-state index in [1.807, 2.05) is 0 Å². The van der Waals surface area contributed by atoms with Gasteiger partial charge >= 0.3 is 5.97 Å². The molecule has 0 radical (unpaired) electrons. The molecular formula is C21H21F2NO3. The number of amides is 1. The molecule has 1 aliphatic rings. The summed E-state index contributed by atoms with van der Waals surface area (Å²) in [5.74, 6) is -1.93. The first-order valence-corrected chi connectivity index (χ1v) is 8.74. The average Bonchev–Trinajstić information content (AvgIpc) is 2.55. The van der Waals surface area contributed by atoms with E-state index in [4.69, 9.17) is 4.74 Å². The highest BCUT2D eigenvalue weighted by molar-refractivity contribution is 6.00. The molecule has 6 heteroatoms. The van der Waals surface area contributed by atoms with Gasteiger partial charge in [0.05, 0.1) is 0 Å². The van der Waals surface area contributed by atoms with Crippen molar-refractivity contribution in [2.24, 2.45) is 0 Å². The molecule has 0 bridgehead atoms. The number of benzene rings is 2. The summed E-state index contributed by atoms with van der Waals surface area (Å²) in [4.78, 5) is 25.9. The van der Waals surface area contributed by atoms with E-state index in [1.165, 1.54) is 17.0 Å². The highest BCUT2D eigenvalue weighted by Crippen LogP contribution is 2.33. The van der Waals surface area contributed by atoms with E-state index < -0.39 is 23.2 Å². The summed E-state index contributed by atoms with van der Waals surface area (Å²) in [6.45, 7) is 5.12. The third kappa shape index (κ3) is 4.32. The highest BCUT2D eigenvalue weighted by atomic mass is 19.1. The summed E-state index contributed by atoms with van der Waals surface area (Å²) in [7, 11) is 0. The second-order valence-electron chi connectivity index (χ2n) is 7.53. The Labute approximate surface area is 156 Å². The van der Waals surface area contributed by atoms with Crippen molar-refractivity contribution in [2.45, 2.75) is 39.2 Å². The third-order valence-electron chi connectivity index (χ3n) is 4.23. The summed E-state index contributed by atoms with van der Waals surface area (Å²) in [6, 6.07) is 8.56. The van der Waals surface area contributed by atoms with Crippen molar-refractivity contribution in [1.82, 2.24) is 0 Å². The average molecular weight is 373 g/mol. The van der Waals surface area contributed by atoms with Crippen LogP contribution in [0.25, 0.3) is 11.1 Å². The van der Waals surface area contributed by atoms with E-state index in [2.05, 4.69) is 0 Å². The topological polar surface area (TPSA) is 46.6 Å². The van der Waals surface area contributed by atoms with E-state index >= 15 is 0 Å². The summed E-state index contributed by atoms with van der Waals surface area (Å²) in [5, 5.41) is 0. The number of carbonyl (C=O) groups is 2. The fourth-order valence-electron chi connectivity index (χ4n) is 3.13. The number of esters is 1. The van der Waals surface area contributed by atoms with Crippen LogP contribution >= 0.6 is 0 Å². The molecule has 2 aromatic carbocycles. The summed E-state index contributed by atoms with van der Waals surface area (Å²) < 4.78 is 32.5. The Kier molecular flexibility index (Phi) is 5.00. The van der Waals surface area contributed by atoms with Gasteiger partial charge in [0, 0.05) is 23.7 Å². The largest absolute Gasteiger partial charge is 0.459 e. The van der Waals surface area contributed by atoms with Crippen molar-refractivity contribution in [1.29, 1.82) is 0 Å². The number of rotatable bonds is 3. The van der Waals surface area contributed by atoms with Crippen LogP contribution in [0.3, 0.4) is 0 Å². The molecular weight excluding hydrogens is 352 g/mol. The van der Waals surface area contributed by atoms with Crippen molar-refractivity contribution < 1.29 is 23.1 Å². The van der Waals surface area contributed by atoms with Crippen molar-refractivity contribution in [3.63, 3.8) is 0 Å². The van der Waals surface area contributed by atoms with Gasteiger partial charge in [0.2, 0.25) is 5.91 Å². The number of anilines is 1. The summed E-state index contributed by atoms with van der Waals surface area (Å²) in [6.07, 6.45) is 0.751. The SMILES string of the molecule is CC(C)(C)OC(=O)CN1C(=O)CCc2cc(-c3ccc(F)cc3F)ccc21. The summed E-state index contributed by atoms with van der Waals surface area (Å²) >= 11 is 0. The van der Waals surface area contributed by atoms with Crippen LogP contribution in [-0.4, -0.2) is 24.0 Å². The fourth-order valence-corrected chi connectivity index (χ4v) is 3.13. The second-order valence-corrected chi connectivity index (χ2v) is 7.53. The lowest BCUT2D eigenvalue weighted by atomic mass is 9.95. The molecule has 0 aliphatic carbocycles. The zero-order valence-corrected chi connectivity index (χ0v) is 15.5. The van der Waals surface area contributed by atoms with Crippen LogP contribution in [0.15, 0.2) is 36.4 Å². The molecule has 3 rings (SSSR count). The first-order chi connectivity index (χ1) is 12.6. The lowest BCUT2D eigenvalue weighted by Crippen LogP contribution is -2.41. The number of carbonyl (C=O) groups excluding carboxylic acids is 2. The van der Waals surface area contributed by atoms with Crippen LogP contribution in [0, 0.1) is 11.6 Å². The van der Waals surface area contributed by atoms with Gasteiger partial charge in [-0.1, -0.05) is 6.07 Å². The Morgan fingerprint density at radius 3 is 2.52 bits per heavy atom. The number of ether oxygens (including phenoxy) is 1. The third-order valence-corrected chi connectivity index (χ3v) is 4.23. The maximum atomic E-state index is 14.1. The molecule has 1 amide bonds. The molecule has 0 aromatic heterocycles. The molecule has 0 saturated heterocycles. The lowest BCUT2D eigenvalue weighted by molar-refractivity contribution is -0.153. The van der Waals surface area contributed by atoms with Gasteiger partial charge in [-0.15, -0.1) is 0 Å². The molecule has 4 nitrogen and oxygen atoms in total. The molecule has 0 unspecified atom stereocenters. The minimum Gasteiger partial charge on any atom is -0.459 e. The molecule has 27 heavy (non-hydrogen) atoms. The van der Waals surface area contributed by atoms with Gasteiger partial charge < -0.3 is 9.64 Å². The first-order valence-electron chi connectivity index (χ1n) is 8.74. The quantitative estimate of drug-likeness (QED) is 0.756.